The van der Waals surface area contributed by atoms with E-state index in [1.54, 1.807) is 0 Å². The van der Waals surface area contributed by atoms with Gasteiger partial charge in [-0.15, -0.1) is 11.8 Å². The zero-order chi connectivity index (χ0) is 13.8. The number of nitrogens with two attached hydrogens (primary N) is 1. The van der Waals surface area contributed by atoms with Gasteiger partial charge in [0.25, 0.3) is 0 Å². The molecular formula is C12H15F2NO2S. The summed E-state index contributed by atoms with van der Waals surface area (Å²) < 4.78 is 26.1. The molecule has 0 heterocycles. The van der Waals surface area contributed by atoms with E-state index >= 15 is 0 Å². The van der Waals surface area contributed by atoms with Crippen molar-refractivity contribution in [3.63, 3.8) is 0 Å². The highest BCUT2D eigenvalue weighted by molar-refractivity contribution is 7.99. The van der Waals surface area contributed by atoms with Crippen LogP contribution in [0.15, 0.2) is 23.1 Å². The van der Waals surface area contributed by atoms with Crippen LogP contribution in [0.1, 0.15) is 19.8 Å². The van der Waals surface area contributed by atoms with Gasteiger partial charge in [-0.2, -0.15) is 0 Å². The molecule has 0 saturated carbocycles. The van der Waals surface area contributed by atoms with Gasteiger partial charge in [0.05, 0.1) is 0 Å². The average molecular weight is 275 g/mol. The smallest absolute Gasteiger partial charge is 0.323 e. The average Bonchev–Trinajstić information content (AvgIpc) is 2.28. The SMILES string of the molecule is CC(N)(CCCSc1cc(F)ccc1F)C(=O)O. The minimum Gasteiger partial charge on any atom is -0.480 e. The largest absolute Gasteiger partial charge is 0.480 e. The van der Waals surface area contributed by atoms with Crippen LogP contribution in [0.4, 0.5) is 8.78 Å². The Morgan fingerprint density at radius 3 is 2.78 bits per heavy atom. The molecule has 100 valence electrons. The quantitative estimate of drug-likeness (QED) is 0.619. The van der Waals surface area contributed by atoms with E-state index < -0.39 is 23.1 Å². The number of thioether (sulfide) groups is 1. The van der Waals surface area contributed by atoms with Gasteiger partial charge >= 0.3 is 5.97 Å². The monoisotopic (exact) mass is 275 g/mol. The summed E-state index contributed by atoms with van der Waals surface area (Å²) in [5.41, 5.74) is 4.27. The minimum atomic E-state index is -1.28. The van der Waals surface area contributed by atoms with Crippen LogP contribution in [0.5, 0.6) is 0 Å². The van der Waals surface area contributed by atoms with Crippen molar-refractivity contribution in [1.82, 2.24) is 0 Å². The number of rotatable bonds is 6. The molecule has 1 atom stereocenters. The van der Waals surface area contributed by atoms with Gasteiger partial charge in [0.15, 0.2) is 0 Å². The molecule has 0 bridgehead atoms. The Morgan fingerprint density at radius 1 is 1.50 bits per heavy atom. The van der Waals surface area contributed by atoms with Crippen molar-refractivity contribution in [3.05, 3.63) is 29.8 Å². The first-order valence-corrected chi connectivity index (χ1v) is 6.41. The van der Waals surface area contributed by atoms with Crippen molar-refractivity contribution in [2.45, 2.75) is 30.2 Å². The van der Waals surface area contributed by atoms with E-state index in [1.165, 1.54) is 6.92 Å². The first-order chi connectivity index (χ1) is 8.33. The lowest BCUT2D eigenvalue weighted by Gasteiger charge is -2.18. The number of carboxylic acids is 1. The van der Waals surface area contributed by atoms with Gasteiger partial charge in [-0.05, 0) is 43.7 Å². The Labute approximate surface area is 108 Å². The predicted molar refractivity (Wildman–Crippen MR) is 66.5 cm³/mol. The Bertz CT molecular complexity index is 438. The van der Waals surface area contributed by atoms with E-state index in [0.717, 1.165) is 30.0 Å². The number of halogens is 2. The molecule has 0 amide bonds. The Morgan fingerprint density at radius 2 is 2.17 bits per heavy atom. The third kappa shape index (κ3) is 4.27. The molecule has 18 heavy (non-hydrogen) atoms. The third-order valence-corrected chi connectivity index (χ3v) is 3.60. The Balaban J connectivity index is 2.43. The van der Waals surface area contributed by atoms with Crippen molar-refractivity contribution >= 4 is 17.7 Å². The number of carbonyl (C=O) groups is 1. The fraction of sp³-hybridized carbons (Fsp3) is 0.417. The van der Waals surface area contributed by atoms with Crippen LogP contribution in [-0.2, 0) is 4.79 Å². The van der Waals surface area contributed by atoms with Crippen LogP contribution in [0.3, 0.4) is 0 Å². The molecule has 0 radical (unpaired) electrons. The number of hydrogen-bond acceptors (Lipinski definition) is 3. The molecule has 6 heteroatoms. The van der Waals surface area contributed by atoms with Crippen LogP contribution >= 0.6 is 11.8 Å². The summed E-state index contributed by atoms with van der Waals surface area (Å²) in [5, 5.41) is 8.80. The molecule has 3 nitrogen and oxygen atoms in total. The van der Waals surface area contributed by atoms with Crippen LogP contribution in [-0.4, -0.2) is 22.4 Å². The van der Waals surface area contributed by atoms with Crippen molar-refractivity contribution in [3.8, 4) is 0 Å². The summed E-state index contributed by atoms with van der Waals surface area (Å²) in [4.78, 5) is 11.0. The topological polar surface area (TPSA) is 63.3 Å². The van der Waals surface area contributed by atoms with E-state index in [9.17, 15) is 13.6 Å². The highest BCUT2D eigenvalue weighted by Crippen LogP contribution is 2.24. The van der Waals surface area contributed by atoms with Gasteiger partial charge in [0.1, 0.15) is 17.2 Å². The summed E-state index contributed by atoms with van der Waals surface area (Å²) >= 11 is 1.15. The first-order valence-electron chi connectivity index (χ1n) is 5.43. The predicted octanol–water partition coefficient (Wildman–Crippen LogP) is 2.64. The molecule has 0 aliphatic heterocycles. The standard InChI is InChI=1S/C12H15F2NO2S/c1-12(15,11(16)17)5-2-6-18-10-7-8(13)3-4-9(10)14/h3-4,7H,2,5-6,15H2,1H3,(H,16,17). The lowest BCUT2D eigenvalue weighted by molar-refractivity contribution is -0.142. The molecular weight excluding hydrogens is 260 g/mol. The van der Waals surface area contributed by atoms with Crippen molar-refractivity contribution in [2.24, 2.45) is 5.73 Å². The molecule has 1 unspecified atom stereocenters. The zero-order valence-corrected chi connectivity index (χ0v) is 10.8. The van der Waals surface area contributed by atoms with Gasteiger partial charge in [-0.1, -0.05) is 0 Å². The third-order valence-electron chi connectivity index (χ3n) is 2.48. The van der Waals surface area contributed by atoms with E-state index in [1.807, 2.05) is 0 Å². The van der Waals surface area contributed by atoms with E-state index in [0.29, 0.717) is 12.2 Å². The molecule has 0 spiro atoms. The van der Waals surface area contributed by atoms with Gasteiger partial charge in [0, 0.05) is 4.90 Å². The van der Waals surface area contributed by atoms with Gasteiger partial charge < -0.3 is 10.8 Å². The van der Waals surface area contributed by atoms with Crippen LogP contribution in [0.25, 0.3) is 0 Å². The fourth-order valence-electron chi connectivity index (χ4n) is 1.32. The molecule has 0 aliphatic rings. The van der Waals surface area contributed by atoms with Crippen LogP contribution in [0, 0.1) is 11.6 Å². The van der Waals surface area contributed by atoms with Crippen LogP contribution in [0.2, 0.25) is 0 Å². The zero-order valence-electron chi connectivity index (χ0n) is 9.95. The van der Waals surface area contributed by atoms with Crippen molar-refractivity contribution < 1.29 is 18.7 Å². The second-order valence-corrected chi connectivity index (χ2v) is 5.39. The normalized spacial score (nSPS) is 14.2. The Hall–Kier alpha value is -1.14. The van der Waals surface area contributed by atoms with E-state index in [-0.39, 0.29) is 11.3 Å². The summed E-state index contributed by atoms with van der Waals surface area (Å²) in [5.74, 6) is -1.55. The molecule has 0 fully saturated rings. The first kappa shape index (κ1) is 14.9. The molecule has 0 aromatic heterocycles. The number of aliphatic carboxylic acids is 1. The molecule has 0 aliphatic carbocycles. The van der Waals surface area contributed by atoms with Gasteiger partial charge in [0.2, 0.25) is 0 Å². The van der Waals surface area contributed by atoms with Crippen molar-refractivity contribution in [1.29, 1.82) is 0 Å². The summed E-state index contributed by atoms with van der Waals surface area (Å²) in [6, 6.07) is 3.25. The van der Waals surface area contributed by atoms with Crippen LogP contribution < -0.4 is 5.73 Å². The second-order valence-electron chi connectivity index (χ2n) is 4.25. The summed E-state index contributed by atoms with van der Waals surface area (Å²) in [7, 11) is 0. The molecule has 1 aromatic rings. The lowest BCUT2D eigenvalue weighted by atomic mass is 9.98. The number of hydrogen-bond donors (Lipinski definition) is 2. The number of benzene rings is 1. The maximum absolute atomic E-state index is 13.3. The summed E-state index contributed by atoms with van der Waals surface area (Å²) in [6.45, 7) is 1.43. The highest BCUT2D eigenvalue weighted by atomic mass is 32.2. The molecule has 1 rings (SSSR count). The lowest BCUT2D eigenvalue weighted by Crippen LogP contribution is -2.44. The van der Waals surface area contributed by atoms with Gasteiger partial charge in [-0.25, -0.2) is 8.78 Å². The molecule has 1 aromatic carbocycles. The maximum atomic E-state index is 13.3. The highest BCUT2D eigenvalue weighted by Gasteiger charge is 2.26. The number of carboxylic acid groups (broad SMARTS) is 1. The summed E-state index contributed by atoms with van der Waals surface area (Å²) in [6.07, 6.45) is 0.798. The van der Waals surface area contributed by atoms with E-state index in [2.05, 4.69) is 0 Å². The maximum Gasteiger partial charge on any atom is 0.323 e. The fourth-order valence-corrected chi connectivity index (χ4v) is 2.23. The second kappa shape index (κ2) is 6.15. The molecule has 0 saturated heterocycles. The van der Waals surface area contributed by atoms with Crippen molar-refractivity contribution in [2.75, 3.05) is 5.75 Å². The van der Waals surface area contributed by atoms with Gasteiger partial charge in [-0.3, -0.25) is 4.79 Å². The minimum absolute atomic E-state index is 0.226. The Kier molecular flexibility index (Phi) is 5.10. The van der Waals surface area contributed by atoms with E-state index in [4.69, 9.17) is 10.8 Å². The molecule has 3 N–H and O–H groups in total.